The Morgan fingerprint density at radius 1 is 1.25 bits per heavy atom. The molecule has 1 heterocycles. The lowest BCUT2D eigenvalue weighted by atomic mass is 10.1. The van der Waals surface area contributed by atoms with Crippen molar-refractivity contribution in [1.29, 1.82) is 0 Å². The third-order valence-electron chi connectivity index (χ3n) is 2.31. The first kappa shape index (κ1) is 10.9. The van der Waals surface area contributed by atoms with Gasteiger partial charge in [0.05, 0.1) is 7.11 Å². The first-order valence-electron chi connectivity index (χ1n) is 4.83. The van der Waals surface area contributed by atoms with Crippen LogP contribution in [0, 0.1) is 6.92 Å². The lowest BCUT2D eigenvalue weighted by Gasteiger charge is -2.09. The number of hydrogen-bond donors (Lipinski definition) is 0. The number of ether oxygens (including phenoxy) is 1. The summed E-state index contributed by atoms with van der Waals surface area (Å²) in [6.45, 7) is 2.01. The average Bonchev–Trinajstić information content (AvgIpc) is 2.29. The highest BCUT2D eigenvalue weighted by molar-refractivity contribution is 6.32. The highest BCUT2D eigenvalue weighted by atomic mass is 35.5. The van der Waals surface area contributed by atoms with Gasteiger partial charge in [0, 0.05) is 17.3 Å². The topological polar surface area (TPSA) is 35.0 Å². The van der Waals surface area contributed by atoms with E-state index >= 15 is 0 Å². The lowest BCUT2D eigenvalue weighted by Crippen LogP contribution is -1.91. The van der Waals surface area contributed by atoms with Crippen molar-refractivity contribution in [3.8, 4) is 16.9 Å². The second-order valence-corrected chi connectivity index (χ2v) is 3.79. The standard InChI is InChI=1S/C12H11ClN2O/c1-8-3-4-11(16-2)9(5-8)10-6-14-7-15-12(10)13/h3-7H,1-2H3. The molecule has 0 saturated carbocycles. The molecule has 0 aliphatic carbocycles. The molecular weight excluding hydrogens is 224 g/mol. The number of nitrogens with zero attached hydrogens (tertiary/aromatic N) is 2. The van der Waals surface area contributed by atoms with Gasteiger partial charge in [0.2, 0.25) is 0 Å². The highest BCUT2D eigenvalue weighted by Crippen LogP contribution is 2.33. The van der Waals surface area contributed by atoms with Crippen molar-refractivity contribution < 1.29 is 4.74 Å². The SMILES string of the molecule is COc1ccc(C)cc1-c1cncnc1Cl. The van der Waals surface area contributed by atoms with Crippen molar-refractivity contribution in [2.75, 3.05) is 7.11 Å². The van der Waals surface area contributed by atoms with Crippen molar-refractivity contribution >= 4 is 11.6 Å². The summed E-state index contributed by atoms with van der Waals surface area (Å²) in [6, 6.07) is 5.90. The zero-order chi connectivity index (χ0) is 11.5. The molecule has 0 amide bonds. The van der Waals surface area contributed by atoms with Crippen LogP contribution in [0.4, 0.5) is 0 Å². The lowest BCUT2D eigenvalue weighted by molar-refractivity contribution is 0.416. The first-order valence-corrected chi connectivity index (χ1v) is 5.20. The Hall–Kier alpha value is -1.61. The van der Waals surface area contributed by atoms with E-state index in [1.54, 1.807) is 13.3 Å². The number of aryl methyl sites for hydroxylation is 1. The second kappa shape index (κ2) is 4.49. The van der Waals surface area contributed by atoms with Gasteiger partial charge in [0.1, 0.15) is 17.2 Å². The summed E-state index contributed by atoms with van der Waals surface area (Å²) in [5, 5.41) is 0.430. The Morgan fingerprint density at radius 2 is 2.06 bits per heavy atom. The van der Waals surface area contributed by atoms with E-state index in [2.05, 4.69) is 9.97 Å². The molecule has 0 radical (unpaired) electrons. The summed E-state index contributed by atoms with van der Waals surface area (Å²) in [5.74, 6) is 0.766. The summed E-state index contributed by atoms with van der Waals surface area (Å²) in [4.78, 5) is 7.94. The Morgan fingerprint density at radius 3 is 2.75 bits per heavy atom. The minimum Gasteiger partial charge on any atom is -0.496 e. The third-order valence-corrected chi connectivity index (χ3v) is 2.61. The van der Waals surface area contributed by atoms with Gasteiger partial charge < -0.3 is 4.74 Å². The van der Waals surface area contributed by atoms with Crippen LogP contribution in [-0.4, -0.2) is 17.1 Å². The Kier molecular flexibility index (Phi) is 3.06. The number of rotatable bonds is 2. The van der Waals surface area contributed by atoms with Crippen LogP contribution >= 0.6 is 11.6 Å². The zero-order valence-corrected chi connectivity index (χ0v) is 9.82. The molecule has 0 atom stereocenters. The normalized spacial score (nSPS) is 10.2. The zero-order valence-electron chi connectivity index (χ0n) is 9.07. The molecule has 0 aliphatic rings. The maximum atomic E-state index is 6.03. The van der Waals surface area contributed by atoms with Gasteiger partial charge in [-0.3, -0.25) is 0 Å². The molecule has 82 valence electrons. The maximum Gasteiger partial charge on any atom is 0.140 e. The van der Waals surface area contributed by atoms with Gasteiger partial charge in [-0.2, -0.15) is 0 Å². The van der Waals surface area contributed by atoms with E-state index in [1.807, 2.05) is 25.1 Å². The van der Waals surface area contributed by atoms with Crippen molar-refractivity contribution in [3.63, 3.8) is 0 Å². The molecule has 0 unspecified atom stereocenters. The predicted molar refractivity (Wildman–Crippen MR) is 63.8 cm³/mol. The largest absolute Gasteiger partial charge is 0.496 e. The molecule has 0 N–H and O–H groups in total. The van der Waals surface area contributed by atoms with Gasteiger partial charge in [-0.05, 0) is 19.1 Å². The van der Waals surface area contributed by atoms with Gasteiger partial charge in [-0.15, -0.1) is 0 Å². The molecule has 0 bridgehead atoms. The van der Waals surface area contributed by atoms with E-state index in [0.29, 0.717) is 5.15 Å². The monoisotopic (exact) mass is 234 g/mol. The van der Waals surface area contributed by atoms with Gasteiger partial charge in [-0.25, -0.2) is 9.97 Å². The van der Waals surface area contributed by atoms with E-state index < -0.39 is 0 Å². The minimum atomic E-state index is 0.430. The van der Waals surface area contributed by atoms with Gasteiger partial charge >= 0.3 is 0 Å². The molecule has 0 fully saturated rings. The fourth-order valence-corrected chi connectivity index (χ4v) is 1.72. The quantitative estimate of drug-likeness (QED) is 0.749. The van der Waals surface area contributed by atoms with Crippen molar-refractivity contribution in [3.05, 3.63) is 41.4 Å². The van der Waals surface area contributed by atoms with Crippen LogP contribution in [0.1, 0.15) is 5.56 Å². The van der Waals surface area contributed by atoms with Crippen LogP contribution in [0.3, 0.4) is 0 Å². The summed E-state index contributed by atoms with van der Waals surface area (Å²) in [7, 11) is 1.63. The number of benzene rings is 1. The van der Waals surface area contributed by atoms with Gasteiger partial charge in [0.15, 0.2) is 0 Å². The van der Waals surface area contributed by atoms with Crippen molar-refractivity contribution in [2.45, 2.75) is 6.92 Å². The molecule has 2 rings (SSSR count). The number of aromatic nitrogens is 2. The van der Waals surface area contributed by atoms with Crippen molar-refractivity contribution in [1.82, 2.24) is 9.97 Å². The number of halogens is 1. The molecule has 1 aromatic heterocycles. The van der Waals surface area contributed by atoms with Gasteiger partial charge in [0.25, 0.3) is 0 Å². The minimum absolute atomic E-state index is 0.430. The van der Waals surface area contributed by atoms with E-state index in [4.69, 9.17) is 16.3 Å². The molecule has 16 heavy (non-hydrogen) atoms. The van der Waals surface area contributed by atoms with Crippen LogP contribution < -0.4 is 4.74 Å². The highest BCUT2D eigenvalue weighted by Gasteiger charge is 2.10. The van der Waals surface area contributed by atoms with E-state index in [1.165, 1.54) is 6.33 Å². The summed E-state index contributed by atoms with van der Waals surface area (Å²) in [5.41, 5.74) is 2.83. The summed E-state index contributed by atoms with van der Waals surface area (Å²) in [6.07, 6.45) is 3.11. The molecule has 4 heteroatoms. The predicted octanol–water partition coefficient (Wildman–Crippen LogP) is 3.11. The third kappa shape index (κ3) is 1.99. The molecule has 0 spiro atoms. The number of methoxy groups -OCH3 is 1. The maximum absolute atomic E-state index is 6.03. The van der Waals surface area contributed by atoms with Crippen LogP contribution in [-0.2, 0) is 0 Å². The smallest absolute Gasteiger partial charge is 0.140 e. The van der Waals surface area contributed by atoms with Gasteiger partial charge in [-0.1, -0.05) is 23.2 Å². The second-order valence-electron chi connectivity index (χ2n) is 3.43. The van der Waals surface area contributed by atoms with E-state index in [0.717, 1.165) is 22.4 Å². The summed E-state index contributed by atoms with van der Waals surface area (Å²) >= 11 is 6.03. The average molecular weight is 235 g/mol. The Labute approximate surface area is 99.1 Å². The molecule has 3 nitrogen and oxygen atoms in total. The Balaban J connectivity index is 2.63. The Bertz CT molecular complexity index is 514. The van der Waals surface area contributed by atoms with Crippen LogP contribution in [0.25, 0.3) is 11.1 Å². The fourth-order valence-electron chi connectivity index (χ4n) is 1.53. The molecule has 1 aromatic carbocycles. The molecular formula is C12H11ClN2O. The first-order chi connectivity index (χ1) is 7.72. The van der Waals surface area contributed by atoms with E-state index in [-0.39, 0.29) is 0 Å². The molecule has 2 aromatic rings. The van der Waals surface area contributed by atoms with Crippen LogP contribution in [0.5, 0.6) is 5.75 Å². The molecule has 0 aliphatic heterocycles. The van der Waals surface area contributed by atoms with Crippen molar-refractivity contribution in [2.24, 2.45) is 0 Å². The van der Waals surface area contributed by atoms with Crippen LogP contribution in [0.2, 0.25) is 5.15 Å². The summed E-state index contributed by atoms with van der Waals surface area (Å²) < 4.78 is 5.30. The molecule has 0 saturated heterocycles. The number of hydrogen-bond acceptors (Lipinski definition) is 3. The fraction of sp³-hybridized carbons (Fsp3) is 0.167. The van der Waals surface area contributed by atoms with Crippen LogP contribution in [0.15, 0.2) is 30.7 Å². The van der Waals surface area contributed by atoms with E-state index in [9.17, 15) is 0 Å².